The minimum Gasteiger partial charge on any atom is -0.351 e. The maximum Gasteiger partial charge on any atom is 0.318 e. The predicted octanol–water partition coefficient (Wildman–Crippen LogP) is 1.94. The van der Waals surface area contributed by atoms with E-state index in [0.717, 1.165) is 25.1 Å². The lowest BCUT2D eigenvalue weighted by Gasteiger charge is -2.12. The fraction of sp³-hybridized carbons (Fsp3) is 0.429. The van der Waals surface area contributed by atoms with Gasteiger partial charge in [0.05, 0.1) is 5.25 Å². The molecule has 0 saturated heterocycles. The number of rotatable bonds is 6. The summed E-state index contributed by atoms with van der Waals surface area (Å²) in [5, 5.41) is 12.9. The smallest absolute Gasteiger partial charge is 0.318 e. The van der Waals surface area contributed by atoms with Gasteiger partial charge in [-0.25, -0.2) is 4.79 Å². The molecule has 0 radical (unpaired) electrons. The van der Waals surface area contributed by atoms with Crippen LogP contribution in [0.1, 0.15) is 36.5 Å². The van der Waals surface area contributed by atoms with Crippen molar-refractivity contribution in [1.29, 1.82) is 0 Å². The Bertz CT molecular complexity index is 709. The van der Waals surface area contributed by atoms with Crippen molar-refractivity contribution < 1.29 is 9.59 Å². The molecule has 3 rings (SSSR count). The van der Waals surface area contributed by atoms with Crippen molar-refractivity contribution in [2.24, 2.45) is 5.73 Å². The molecule has 2 aromatic heterocycles. The average molecular weight is 351 g/mol. The van der Waals surface area contributed by atoms with E-state index in [-0.39, 0.29) is 0 Å². The summed E-state index contributed by atoms with van der Waals surface area (Å²) in [4.78, 5) is 23.8. The Morgan fingerprint density at radius 2 is 2.30 bits per heavy atom. The second-order valence-corrected chi connectivity index (χ2v) is 7.71. The van der Waals surface area contributed by atoms with Gasteiger partial charge in [0.2, 0.25) is 5.91 Å². The highest BCUT2D eigenvalue weighted by atomic mass is 32.2. The van der Waals surface area contributed by atoms with Gasteiger partial charge in [-0.2, -0.15) is 0 Å². The number of carbonyl (C=O) groups excluding carboxylic acids is 2. The van der Waals surface area contributed by atoms with Crippen LogP contribution in [0.25, 0.3) is 0 Å². The van der Waals surface area contributed by atoms with Crippen LogP contribution in [-0.2, 0) is 11.2 Å². The van der Waals surface area contributed by atoms with E-state index in [4.69, 9.17) is 5.73 Å². The SMILES string of the molecule is C[C@H](Sc1nnc(Cc2cccs2)n1C1CC1)C(=O)NC(N)=O. The van der Waals surface area contributed by atoms with Crippen molar-refractivity contribution in [2.75, 3.05) is 0 Å². The number of nitrogens with one attached hydrogen (secondary N) is 1. The lowest BCUT2D eigenvalue weighted by Crippen LogP contribution is -2.39. The van der Waals surface area contributed by atoms with Crippen LogP contribution in [0.2, 0.25) is 0 Å². The van der Waals surface area contributed by atoms with Crippen molar-refractivity contribution in [3.8, 4) is 0 Å². The molecule has 9 heteroatoms. The number of aromatic nitrogens is 3. The molecule has 0 unspecified atom stereocenters. The molecule has 2 aromatic rings. The van der Waals surface area contributed by atoms with E-state index in [1.165, 1.54) is 16.6 Å². The number of hydrogen-bond donors (Lipinski definition) is 2. The Balaban J connectivity index is 1.75. The molecule has 23 heavy (non-hydrogen) atoms. The number of thioether (sulfide) groups is 1. The third-order valence-corrected chi connectivity index (χ3v) is 5.39. The van der Waals surface area contributed by atoms with Crippen LogP contribution >= 0.6 is 23.1 Å². The Morgan fingerprint density at radius 3 is 2.91 bits per heavy atom. The summed E-state index contributed by atoms with van der Waals surface area (Å²) in [6.45, 7) is 1.72. The number of hydrogen-bond acceptors (Lipinski definition) is 6. The topological polar surface area (TPSA) is 103 Å². The predicted molar refractivity (Wildman–Crippen MR) is 88.5 cm³/mol. The van der Waals surface area contributed by atoms with Crippen molar-refractivity contribution in [3.63, 3.8) is 0 Å². The van der Waals surface area contributed by atoms with Gasteiger partial charge in [-0.3, -0.25) is 10.1 Å². The number of amides is 3. The minimum absolute atomic E-state index is 0.411. The monoisotopic (exact) mass is 351 g/mol. The van der Waals surface area contributed by atoms with E-state index in [0.29, 0.717) is 11.2 Å². The Kier molecular flexibility index (Phi) is 4.67. The van der Waals surface area contributed by atoms with E-state index < -0.39 is 17.2 Å². The van der Waals surface area contributed by atoms with Crippen LogP contribution in [0.15, 0.2) is 22.7 Å². The molecular weight excluding hydrogens is 334 g/mol. The lowest BCUT2D eigenvalue weighted by atomic mass is 10.3. The number of thiophene rings is 1. The number of urea groups is 1. The lowest BCUT2D eigenvalue weighted by molar-refractivity contribution is -0.119. The molecule has 3 N–H and O–H groups in total. The largest absolute Gasteiger partial charge is 0.351 e. The van der Waals surface area contributed by atoms with Crippen molar-refractivity contribution in [3.05, 3.63) is 28.2 Å². The Hall–Kier alpha value is -1.87. The molecule has 0 spiro atoms. The van der Waals surface area contributed by atoms with Gasteiger partial charge in [-0.15, -0.1) is 21.5 Å². The van der Waals surface area contributed by atoms with Gasteiger partial charge in [0.1, 0.15) is 5.82 Å². The highest BCUT2D eigenvalue weighted by molar-refractivity contribution is 8.00. The molecule has 3 amide bonds. The van der Waals surface area contributed by atoms with Crippen LogP contribution in [0.4, 0.5) is 4.79 Å². The molecule has 0 bridgehead atoms. The quantitative estimate of drug-likeness (QED) is 0.774. The summed E-state index contributed by atoms with van der Waals surface area (Å²) in [5.74, 6) is 0.493. The second-order valence-electron chi connectivity index (χ2n) is 5.37. The Morgan fingerprint density at radius 1 is 1.52 bits per heavy atom. The van der Waals surface area contributed by atoms with Crippen LogP contribution < -0.4 is 11.1 Å². The molecule has 0 aliphatic heterocycles. The van der Waals surface area contributed by atoms with E-state index in [1.807, 2.05) is 11.4 Å². The van der Waals surface area contributed by atoms with Gasteiger partial charge in [0, 0.05) is 17.3 Å². The molecule has 1 saturated carbocycles. The zero-order valence-electron chi connectivity index (χ0n) is 12.6. The maximum absolute atomic E-state index is 11.8. The fourth-order valence-corrected chi connectivity index (χ4v) is 3.85. The standard InChI is InChI=1S/C14H17N5O2S2/c1-8(12(20)16-13(15)21)23-14-18-17-11(19(14)9-4-5-9)7-10-3-2-6-22-10/h2-3,6,8-9H,4-5,7H2,1H3,(H3,15,16,20,21)/t8-/m0/s1. The summed E-state index contributed by atoms with van der Waals surface area (Å²) < 4.78 is 2.12. The van der Waals surface area contributed by atoms with E-state index in [9.17, 15) is 9.59 Å². The molecule has 1 aliphatic carbocycles. The fourth-order valence-electron chi connectivity index (χ4n) is 2.21. The summed E-state index contributed by atoms with van der Waals surface area (Å²) >= 11 is 2.99. The molecule has 1 atom stereocenters. The summed E-state index contributed by atoms with van der Waals surface area (Å²) in [6.07, 6.45) is 2.94. The number of primary amides is 1. The van der Waals surface area contributed by atoms with Crippen molar-refractivity contribution in [1.82, 2.24) is 20.1 Å². The summed E-state index contributed by atoms with van der Waals surface area (Å²) in [6, 6.07) is 3.66. The highest BCUT2D eigenvalue weighted by Gasteiger charge is 2.31. The normalized spacial score (nSPS) is 15.3. The maximum atomic E-state index is 11.8. The first-order valence-electron chi connectivity index (χ1n) is 7.27. The van der Waals surface area contributed by atoms with Crippen molar-refractivity contribution >= 4 is 35.0 Å². The first-order chi connectivity index (χ1) is 11.0. The average Bonchev–Trinajstić information content (AvgIpc) is 3.04. The van der Waals surface area contributed by atoms with Crippen LogP contribution in [-0.4, -0.2) is 32.0 Å². The van der Waals surface area contributed by atoms with Gasteiger partial charge < -0.3 is 10.3 Å². The molecule has 1 fully saturated rings. The van der Waals surface area contributed by atoms with Gasteiger partial charge >= 0.3 is 6.03 Å². The molecule has 1 aliphatic rings. The van der Waals surface area contributed by atoms with Gasteiger partial charge in [-0.1, -0.05) is 17.8 Å². The van der Waals surface area contributed by atoms with Crippen LogP contribution in [0.3, 0.4) is 0 Å². The molecule has 122 valence electrons. The Labute approximate surface area is 141 Å². The van der Waals surface area contributed by atoms with Gasteiger partial charge in [-0.05, 0) is 31.2 Å². The number of carbonyl (C=O) groups is 2. The third-order valence-electron chi connectivity index (χ3n) is 3.46. The van der Waals surface area contributed by atoms with Crippen molar-refractivity contribution in [2.45, 2.75) is 42.6 Å². The van der Waals surface area contributed by atoms with E-state index in [1.54, 1.807) is 18.3 Å². The summed E-state index contributed by atoms with van der Waals surface area (Å²) in [7, 11) is 0. The van der Waals surface area contributed by atoms with Gasteiger partial charge in [0.15, 0.2) is 5.16 Å². The number of imide groups is 1. The molecule has 2 heterocycles. The second kappa shape index (κ2) is 6.71. The number of nitrogens with two attached hydrogens (primary N) is 1. The van der Waals surface area contributed by atoms with E-state index in [2.05, 4.69) is 26.1 Å². The first-order valence-corrected chi connectivity index (χ1v) is 9.03. The zero-order valence-corrected chi connectivity index (χ0v) is 14.2. The first kappa shape index (κ1) is 16.0. The molecular formula is C14H17N5O2S2. The zero-order chi connectivity index (χ0) is 16.4. The summed E-state index contributed by atoms with van der Waals surface area (Å²) in [5.41, 5.74) is 4.98. The van der Waals surface area contributed by atoms with E-state index >= 15 is 0 Å². The number of nitrogens with zero attached hydrogens (tertiary/aromatic N) is 3. The van der Waals surface area contributed by atoms with Crippen LogP contribution in [0, 0.1) is 0 Å². The minimum atomic E-state index is -0.843. The van der Waals surface area contributed by atoms with Crippen LogP contribution in [0.5, 0.6) is 0 Å². The highest BCUT2D eigenvalue weighted by Crippen LogP contribution is 2.40. The third kappa shape index (κ3) is 3.91. The molecule has 7 nitrogen and oxygen atoms in total. The van der Waals surface area contributed by atoms with Gasteiger partial charge in [0.25, 0.3) is 0 Å². The molecule has 0 aromatic carbocycles.